The number of anilines is 1. The largest absolute Gasteiger partial charge is 0.322 e. The zero-order chi connectivity index (χ0) is 15.7. The Morgan fingerprint density at radius 3 is 2.91 bits per heavy atom. The van der Waals surface area contributed by atoms with Crippen LogP contribution in [-0.4, -0.2) is 23.3 Å². The monoisotopic (exact) mass is 314 g/mol. The van der Waals surface area contributed by atoms with Crippen molar-refractivity contribution >= 4 is 28.8 Å². The Morgan fingerprint density at radius 2 is 2.14 bits per heavy atom. The molecule has 1 aromatic carbocycles. The Balaban J connectivity index is 1.75. The van der Waals surface area contributed by atoms with Crippen molar-refractivity contribution in [3.8, 4) is 0 Å². The van der Waals surface area contributed by atoms with E-state index in [-0.39, 0.29) is 17.9 Å². The molecule has 0 saturated carbocycles. The van der Waals surface area contributed by atoms with Gasteiger partial charge in [0, 0.05) is 22.7 Å². The molecular formula is C17H18N2O2S. The first-order valence-corrected chi connectivity index (χ1v) is 8.19. The molecular weight excluding hydrogens is 296 g/mol. The summed E-state index contributed by atoms with van der Waals surface area (Å²) in [6.07, 6.45) is 0.901. The number of rotatable bonds is 2. The number of nitrogens with one attached hydrogen (secondary N) is 1. The van der Waals surface area contributed by atoms with Crippen molar-refractivity contribution in [3.05, 3.63) is 51.7 Å². The molecule has 0 radical (unpaired) electrons. The minimum atomic E-state index is -0.120. The number of amides is 2. The summed E-state index contributed by atoms with van der Waals surface area (Å²) in [6.45, 7) is 4.29. The van der Waals surface area contributed by atoms with Gasteiger partial charge in [0.05, 0.1) is 6.04 Å². The van der Waals surface area contributed by atoms with Gasteiger partial charge in [0.25, 0.3) is 0 Å². The molecule has 2 heterocycles. The van der Waals surface area contributed by atoms with Crippen LogP contribution < -0.4 is 5.32 Å². The lowest BCUT2D eigenvalue weighted by Gasteiger charge is -2.33. The van der Waals surface area contributed by atoms with Crippen LogP contribution >= 0.6 is 11.3 Å². The van der Waals surface area contributed by atoms with Crippen molar-refractivity contribution in [2.75, 3.05) is 11.9 Å². The van der Waals surface area contributed by atoms with Gasteiger partial charge < -0.3 is 10.2 Å². The molecule has 0 fully saturated rings. The number of ketones is 1. The minimum Gasteiger partial charge on any atom is -0.317 e. The van der Waals surface area contributed by atoms with Crippen LogP contribution in [0.1, 0.15) is 40.7 Å². The smallest absolute Gasteiger partial charge is 0.317 e. The van der Waals surface area contributed by atoms with Gasteiger partial charge in [0.1, 0.15) is 0 Å². The number of thiophene rings is 1. The highest BCUT2D eigenvalue weighted by atomic mass is 32.1. The Morgan fingerprint density at radius 1 is 1.32 bits per heavy atom. The summed E-state index contributed by atoms with van der Waals surface area (Å²) in [5, 5.41) is 4.98. The Kier molecular flexibility index (Phi) is 3.98. The highest BCUT2D eigenvalue weighted by Crippen LogP contribution is 2.33. The van der Waals surface area contributed by atoms with Gasteiger partial charge in [0.15, 0.2) is 5.78 Å². The molecule has 1 aliphatic rings. The highest BCUT2D eigenvalue weighted by molar-refractivity contribution is 7.10. The van der Waals surface area contributed by atoms with Crippen molar-refractivity contribution in [2.45, 2.75) is 26.3 Å². The van der Waals surface area contributed by atoms with Gasteiger partial charge in [-0.3, -0.25) is 4.79 Å². The number of hydrogen-bond donors (Lipinski definition) is 1. The molecule has 4 nitrogen and oxygen atoms in total. The first kappa shape index (κ1) is 14.8. The van der Waals surface area contributed by atoms with E-state index in [9.17, 15) is 9.59 Å². The number of Topliss-reactive ketones (excluding diaryl/α,β-unsaturated/α-hetero) is 1. The lowest BCUT2D eigenvalue weighted by Crippen LogP contribution is -2.40. The quantitative estimate of drug-likeness (QED) is 0.848. The first-order chi connectivity index (χ1) is 10.6. The summed E-state index contributed by atoms with van der Waals surface area (Å²) in [6, 6.07) is 9.10. The second-order valence-corrected chi connectivity index (χ2v) is 6.49. The molecule has 0 spiro atoms. The molecule has 0 aliphatic carbocycles. The predicted octanol–water partition coefficient (Wildman–Crippen LogP) is 4.10. The molecule has 1 aromatic heterocycles. The van der Waals surface area contributed by atoms with E-state index in [4.69, 9.17) is 0 Å². The average molecular weight is 314 g/mol. The SMILES string of the molecule is CC(=O)c1cccc(NC(=O)N2CCc3sccc3[C@@H]2C)c1. The molecule has 2 aromatic rings. The first-order valence-electron chi connectivity index (χ1n) is 7.31. The molecule has 0 bridgehead atoms. The van der Waals surface area contributed by atoms with E-state index in [2.05, 4.69) is 23.7 Å². The number of benzene rings is 1. The van der Waals surface area contributed by atoms with Gasteiger partial charge in [-0.25, -0.2) is 4.79 Å². The number of nitrogens with zero attached hydrogens (tertiary/aromatic N) is 1. The van der Waals surface area contributed by atoms with E-state index >= 15 is 0 Å². The van der Waals surface area contributed by atoms with Crippen LogP contribution in [0.3, 0.4) is 0 Å². The molecule has 1 atom stereocenters. The van der Waals surface area contributed by atoms with E-state index in [1.54, 1.807) is 35.6 Å². The summed E-state index contributed by atoms with van der Waals surface area (Å²) < 4.78 is 0. The molecule has 0 saturated heterocycles. The van der Waals surface area contributed by atoms with Gasteiger partial charge in [0.2, 0.25) is 0 Å². The molecule has 22 heavy (non-hydrogen) atoms. The van der Waals surface area contributed by atoms with Crippen molar-refractivity contribution in [3.63, 3.8) is 0 Å². The third-order valence-corrected chi connectivity index (χ3v) is 5.05. The summed E-state index contributed by atoms with van der Waals surface area (Å²) in [5.74, 6) is -0.00893. The van der Waals surface area contributed by atoms with E-state index in [0.29, 0.717) is 17.8 Å². The van der Waals surface area contributed by atoms with Gasteiger partial charge in [-0.15, -0.1) is 11.3 Å². The fraction of sp³-hybridized carbons (Fsp3) is 0.294. The van der Waals surface area contributed by atoms with E-state index in [1.165, 1.54) is 17.4 Å². The van der Waals surface area contributed by atoms with E-state index in [0.717, 1.165) is 6.42 Å². The Bertz CT molecular complexity index is 723. The summed E-state index contributed by atoms with van der Waals surface area (Å²) in [5.41, 5.74) is 2.49. The molecule has 0 unspecified atom stereocenters. The number of carbonyl (C=O) groups excluding carboxylic acids is 2. The Labute approximate surface area is 133 Å². The van der Waals surface area contributed by atoms with Gasteiger partial charge in [-0.2, -0.15) is 0 Å². The fourth-order valence-electron chi connectivity index (χ4n) is 2.80. The standard InChI is InChI=1S/C17H18N2O2S/c1-11-15-7-9-22-16(15)6-8-19(11)17(21)18-14-5-3-4-13(10-14)12(2)20/h3-5,7,9-11H,6,8H2,1-2H3,(H,18,21)/t11-/m0/s1. The second-order valence-electron chi connectivity index (χ2n) is 5.49. The third-order valence-electron chi connectivity index (χ3n) is 4.06. The predicted molar refractivity (Wildman–Crippen MR) is 88.6 cm³/mol. The van der Waals surface area contributed by atoms with Crippen molar-refractivity contribution in [2.24, 2.45) is 0 Å². The third kappa shape index (κ3) is 2.76. The lowest BCUT2D eigenvalue weighted by molar-refractivity contribution is 0.101. The van der Waals surface area contributed by atoms with Crippen LogP contribution in [0.25, 0.3) is 0 Å². The summed E-state index contributed by atoms with van der Waals surface area (Å²) in [4.78, 5) is 27.2. The maximum Gasteiger partial charge on any atom is 0.322 e. The maximum absolute atomic E-state index is 12.5. The minimum absolute atomic E-state index is 0.00893. The van der Waals surface area contributed by atoms with Gasteiger partial charge in [-0.1, -0.05) is 12.1 Å². The van der Waals surface area contributed by atoms with Crippen LogP contribution in [0.15, 0.2) is 35.7 Å². The summed E-state index contributed by atoms with van der Waals surface area (Å²) in [7, 11) is 0. The van der Waals surface area contributed by atoms with Crippen molar-refractivity contribution in [1.29, 1.82) is 0 Å². The molecule has 1 N–H and O–H groups in total. The molecule has 114 valence electrons. The van der Waals surface area contributed by atoms with Crippen LogP contribution in [0.2, 0.25) is 0 Å². The topological polar surface area (TPSA) is 49.4 Å². The average Bonchev–Trinajstić information content (AvgIpc) is 2.97. The number of fused-ring (bicyclic) bond motifs is 1. The molecule has 1 aliphatic heterocycles. The zero-order valence-electron chi connectivity index (χ0n) is 12.6. The highest BCUT2D eigenvalue weighted by Gasteiger charge is 2.28. The van der Waals surface area contributed by atoms with Gasteiger partial charge >= 0.3 is 6.03 Å². The van der Waals surface area contributed by atoms with Crippen molar-refractivity contribution in [1.82, 2.24) is 4.90 Å². The van der Waals surface area contributed by atoms with Gasteiger partial charge in [-0.05, 0) is 49.4 Å². The molecule has 2 amide bonds. The van der Waals surface area contributed by atoms with Crippen LogP contribution in [-0.2, 0) is 6.42 Å². The Hall–Kier alpha value is -2.14. The number of urea groups is 1. The molecule has 5 heteroatoms. The summed E-state index contributed by atoms with van der Waals surface area (Å²) >= 11 is 1.76. The van der Waals surface area contributed by atoms with Crippen LogP contribution in [0, 0.1) is 0 Å². The fourth-order valence-corrected chi connectivity index (χ4v) is 3.76. The second kappa shape index (κ2) is 5.93. The lowest BCUT2D eigenvalue weighted by atomic mass is 10.0. The van der Waals surface area contributed by atoms with E-state index in [1.807, 2.05) is 4.90 Å². The van der Waals surface area contributed by atoms with Crippen molar-refractivity contribution < 1.29 is 9.59 Å². The van der Waals surface area contributed by atoms with Crippen LogP contribution in [0.5, 0.6) is 0 Å². The van der Waals surface area contributed by atoms with Crippen LogP contribution in [0.4, 0.5) is 10.5 Å². The zero-order valence-corrected chi connectivity index (χ0v) is 13.4. The normalized spacial score (nSPS) is 17.0. The number of carbonyl (C=O) groups is 2. The number of hydrogen-bond acceptors (Lipinski definition) is 3. The maximum atomic E-state index is 12.5. The van der Waals surface area contributed by atoms with E-state index < -0.39 is 0 Å². The molecule has 3 rings (SSSR count).